The monoisotopic (exact) mass is 653 g/mol. The van der Waals surface area contributed by atoms with Crippen molar-refractivity contribution in [2.24, 2.45) is 5.16 Å². The van der Waals surface area contributed by atoms with Gasteiger partial charge in [-0.05, 0) is 17.4 Å². The van der Waals surface area contributed by atoms with E-state index in [-0.39, 0.29) is 22.2 Å². The average Bonchev–Trinajstić information content (AvgIpc) is 3.47. The number of nitrogens with zero attached hydrogens (tertiary/aromatic N) is 3. The maximum atomic E-state index is 13.8. The summed E-state index contributed by atoms with van der Waals surface area (Å²) in [7, 11) is 1.44. The number of aromatic nitrogens is 1. The zero-order chi connectivity index (χ0) is 31.4. The summed E-state index contributed by atoms with van der Waals surface area (Å²) in [5.74, 6) is -2.41. The molecular formula is C30H31N5O6S3. The van der Waals surface area contributed by atoms with E-state index in [1.54, 1.807) is 19.2 Å². The molecule has 3 aromatic rings. The minimum Gasteiger partial charge on any atom is -0.448 e. The first-order chi connectivity index (χ1) is 21.1. The van der Waals surface area contributed by atoms with Crippen LogP contribution in [0, 0.1) is 0 Å². The molecule has 1 fully saturated rings. The van der Waals surface area contributed by atoms with Gasteiger partial charge in [-0.1, -0.05) is 65.8 Å². The lowest BCUT2D eigenvalue weighted by molar-refractivity contribution is -0.197. The minimum atomic E-state index is -1.12. The van der Waals surface area contributed by atoms with Gasteiger partial charge in [0.1, 0.15) is 22.8 Å². The second-order valence-electron chi connectivity index (χ2n) is 10.1. The number of hydrogen-bond donors (Lipinski definition) is 2. The van der Waals surface area contributed by atoms with Crippen molar-refractivity contribution in [1.29, 1.82) is 0 Å². The molecule has 2 atom stereocenters. The number of carbonyl (C=O) groups excluding carboxylic acids is 3. The Hall–Kier alpha value is -3.85. The molecule has 0 spiro atoms. The third kappa shape index (κ3) is 6.62. The lowest BCUT2D eigenvalue weighted by atomic mass is 10.0. The number of benzene rings is 2. The van der Waals surface area contributed by atoms with Gasteiger partial charge in [0.05, 0.1) is 0 Å². The molecule has 14 heteroatoms. The molecule has 1 saturated heterocycles. The van der Waals surface area contributed by atoms with Crippen LogP contribution < -0.4 is 11.1 Å². The van der Waals surface area contributed by atoms with E-state index in [1.807, 2.05) is 66.9 Å². The fraction of sp³-hybridized carbons (Fsp3) is 0.300. The normalized spacial score (nSPS) is 18.5. The molecule has 3 heterocycles. The zero-order valence-corrected chi connectivity index (χ0v) is 26.8. The minimum absolute atomic E-state index is 0.163. The molecule has 5 rings (SSSR count). The molecule has 2 aliphatic heterocycles. The van der Waals surface area contributed by atoms with E-state index in [1.165, 1.54) is 35.5 Å². The molecule has 2 aromatic carbocycles. The number of fused-ring (bicyclic) bond motifs is 1. The highest BCUT2D eigenvalue weighted by Gasteiger charge is 2.55. The first kappa shape index (κ1) is 31.6. The van der Waals surface area contributed by atoms with Crippen LogP contribution >= 0.6 is 34.9 Å². The number of amides is 2. The highest BCUT2D eigenvalue weighted by atomic mass is 32.2. The number of thioether (sulfide) groups is 2. The summed E-state index contributed by atoms with van der Waals surface area (Å²) in [5.41, 5.74) is 7.60. The molecule has 0 aliphatic carbocycles. The summed E-state index contributed by atoms with van der Waals surface area (Å²) < 4.78 is 11.3. The SMILES string of the molecule is COC(C)(C)O/N=C(/C(=O)N[C@@H]1C(=O)N2C(C(=O)OC(c3ccccc3)c3ccccc3)=C(SC)CS[C@H]12)c1csc(N)n1. The van der Waals surface area contributed by atoms with Crippen LogP contribution in [0.3, 0.4) is 0 Å². The fourth-order valence-corrected chi connectivity index (χ4v) is 7.28. The standard InChI is InChI=1S/C30H31N5O6S3/c1-30(2,39-3)41-34-21(19-15-44-29(31)32-19)25(36)33-22-26(37)35-23(20(42-4)16-43-27(22)35)28(38)40-24(17-11-7-5-8-12-17)18-13-9-6-10-14-18/h5-15,22,24,27H,16H2,1-4H3,(H2,31,32)(H,33,36)/b34-21+/t22-,27-/m1/s1. The van der Waals surface area contributed by atoms with Gasteiger partial charge < -0.3 is 25.4 Å². The highest BCUT2D eigenvalue weighted by Crippen LogP contribution is 2.44. The Balaban J connectivity index is 1.37. The number of anilines is 1. The Labute approximate surface area is 267 Å². The maximum Gasteiger partial charge on any atom is 0.356 e. The maximum absolute atomic E-state index is 13.8. The number of esters is 1. The highest BCUT2D eigenvalue weighted by molar-refractivity contribution is 8.05. The van der Waals surface area contributed by atoms with Crippen molar-refractivity contribution in [3.63, 3.8) is 0 Å². The van der Waals surface area contributed by atoms with Crippen molar-refractivity contribution in [2.45, 2.75) is 37.2 Å². The molecule has 1 aromatic heterocycles. The van der Waals surface area contributed by atoms with E-state index in [4.69, 9.17) is 20.0 Å². The molecule has 0 bridgehead atoms. The van der Waals surface area contributed by atoms with Gasteiger partial charge in [-0.15, -0.1) is 34.9 Å². The smallest absolute Gasteiger partial charge is 0.356 e. The van der Waals surface area contributed by atoms with Gasteiger partial charge in [0, 0.05) is 37.0 Å². The lowest BCUT2D eigenvalue weighted by Gasteiger charge is -2.49. The number of hydrogen-bond acceptors (Lipinski definition) is 12. The zero-order valence-electron chi connectivity index (χ0n) is 24.4. The number of nitrogen functional groups attached to an aromatic ring is 1. The van der Waals surface area contributed by atoms with E-state index in [0.29, 0.717) is 10.7 Å². The molecule has 0 radical (unpaired) electrons. The molecule has 2 aliphatic rings. The van der Waals surface area contributed by atoms with Gasteiger partial charge in [-0.25, -0.2) is 9.78 Å². The summed E-state index contributed by atoms with van der Waals surface area (Å²) in [4.78, 5) is 52.6. The molecule has 44 heavy (non-hydrogen) atoms. The van der Waals surface area contributed by atoms with Crippen molar-refractivity contribution >= 4 is 63.5 Å². The second kappa shape index (κ2) is 13.4. The Morgan fingerprint density at radius 3 is 2.32 bits per heavy atom. The Bertz CT molecular complexity index is 1560. The predicted molar refractivity (Wildman–Crippen MR) is 172 cm³/mol. The Kier molecular flexibility index (Phi) is 9.63. The van der Waals surface area contributed by atoms with Crippen LogP contribution in [0.5, 0.6) is 0 Å². The van der Waals surface area contributed by atoms with Crippen LogP contribution in [0.25, 0.3) is 0 Å². The van der Waals surface area contributed by atoms with Crippen molar-refractivity contribution in [3.8, 4) is 0 Å². The number of rotatable bonds is 11. The number of β-lactam (4-membered cyclic amide) rings is 1. The predicted octanol–water partition coefficient (Wildman–Crippen LogP) is 4.14. The molecular weight excluding hydrogens is 623 g/mol. The largest absolute Gasteiger partial charge is 0.448 e. The van der Waals surface area contributed by atoms with Gasteiger partial charge >= 0.3 is 5.97 Å². The summed E-state index contributed by atoms with van der Waals surface area (Å²) >= 11 is 3.96. The molecule has 11 nitrogen and oxygen atoms in total. The fourth-order valence-electron chi connectivity index (χ4n) is 4.49. The van der Waals surface area contributed by atoms with Gasteiger partial charge in [-0.2, -0.15) is 0 Å². The number of thiazole rings is 1. The second-order valence-corrected chi connectivity index (χ2v) is 13.0. The molecule has 2 amide bonds. The van der Waals surface area contributed by atoms with Gasteiger partial charge in [0.15, 0.2) is 16.9 Å². The third-order valence-electron chi connectivity index (χ3n) is 6.92. The third-order valence-corrected chi connectivity index (χ3v) is 9.88. The number of carbonyl (C=O) groups is 3. The van der Waals surface area contributed by atoms with E-state index in [9.17, 15) is 14.4 Å². The summed E-state index contributed by atoms with van der Waals surface area (Å²) in [6.07, 6.45) is 1.17. The first-order valence-electron chi connectivity index (χ1n) is 13.5. The number of methoxy groups -OCH3 is 1. The topological polar surface area (TPSA) is 145 Å². The number of oxime groups is 1. The molecule has 230 valence electrons. The van der Waals surface area contributed by atoms with Crippen LogP contribution in [-0.4, -0.2) is 69.7 Å². The van der Waals surface area contributed by atoms with Crippen molar-refractivity contribution in [3.05, 3.63) is 93.5 Å². The lowest BCUT2D eigenvalue weighted by Crippen LogP contribution is -2.71. The van der Waals surface area contributed by atoms with Crippen LogP contribution in [0.4, 0.5) is 5.13 Å². The number of nitrogens with two attached hydrogens (primary N) is 1. The molecule has 0 unspecified atom stereocenters. The van der Waals surface area contributed by atoms with E-state index >= 15 is 0 Å². The quantitative estimate of drug-likeness (QED) is 0.102. The first-order valence-corrected chi connectivity index (χ1v) is 16.6. The van der Waals surface area contributed by atoms with Gasteiger partial charge in [0.25, 0.3) is 11.8 Å². The van der Waals surface area contributed by atoms with Crippen LogP contribution in [0.1, 0.15) is 36.8 Å². The number of ether oxygens (including phenoxy) is 2. The van der Waals surface area contributed by atoms with E-state index in [0.717, 1.165) is 22.5 Å². The Morgan fingerprint density at radius 1 is 1.14 bits per heavy atom. The molecule has 0 saturated carbocycles. The van der Waals surface area contributed by atoms with Crippen LogP contribution in [-0.2, 0) is 28.7 Å². The van der Waals surface area contributed by atoms with Crippen LogP contribution in [0.2, 0.25) is 0 Å². The van der Waals surface area contributed by atoms with Crippen molar-refractivity contribution in [1.82, 2.24) is 15.2 Å². The molecule has 3 N–H and O–H groups in total. The van der Waals surface area contributed by atoms with E-state index < -0.39 is 41.1 Å². The van der Waals surface area contributed by atoms with E-state index in [2.05, 4.69) is 15.5 Å². The van der Waals surface area contributed by atoms with Crippen molar-refractivity contribution < 1.29 is 28.7 Å². The van der Waals surface area contributed by atoms with Crippen LogP contribution in [0.15, 0.2) is 81.8 Å². The summed E-state index contributed by atoms with van der Waals surface area (Å²) in [5, 5.41) is 8.02. The van der Waals surface area contributed by atoms with Crippen molar-refractivity contribution in [2.75, 3.05) is 24.9 Å². The average molecular weight is 654 g/mol. The Morgan fingerprint density at radius 2 is 1.77 bits per heavy atom. The van der Waals surface area contributed by atoms with Gasteiger partial charge in [-0.3, -0.25) is 14.5 Å². The summed E-state index contributed by atoms with van der Waals surface area (Å²) in [6, 6.07) is 17.9. The van der Waals surface area contributed by atoms with Gasteiger partial charge in [0.2, 0.25) is 5.79 Å². The number of nitrogens with one attached hydrogen (secondary N) is 1. The summed E-state index contributed by atoms with van der Waals surface area (Å²) in [6.45, 7) is 3.26.